The van der Waals surface area contributed by atoms with E-state index in [0.29, 0.717) is 5.39 Å². The van der Waals surface area contributed by atoms with E-state index in [2.05, 4.69) is 0 Å². The van der Waals surface area contributed by atoms with Gasteiger partial charge in [0.05, 0.1) is 0 Å². The van der Waals surface area contributed by atoms with Crippen molar-refractivity contribution in [2.75, 3.05) is 0 Å². The Morgan fingerprint density at radius 1 is 1.33 bits per heavy atom. The van der Waals surface area contributed by atoms with Gasteiger partial charge in [0.2, 0.25) is 0 Å². The maximum atomic E-state index is 11.9. The summed E-state index contributed by atoms with van der Waals surface area (Å²) in [6.45, 7) is 0. The zero-order valence-electron chi connectivity index (χ0n) is 8.43. The smallest absolute Gasteiger partial charge is 0.258 e. The number of pyridine rings is 1. The molecule has 0 amide bonds. The number of fused-ring (bicyclic) bond motifs is 1. The molecule has 1 aromatic carbocycles. The van der Waals surface area contributed by atoms with Crippen LogP contribution in [0.25, 0.3) is 10.8 Å². The van der Waals surface area contributed by atoms with Crippen LogP contribution in [0.4, 0.5) is 0 Å². The summed E-state index contributed by atoms with van der Waals surface area (Å²) in [6.07, 6.45) is 1.08. The van der Waals surface area contributed by atoms with Crippen molar-refractivity contribution >= 4 is 17.1 Å². The lowest BCUT2D eigenvalue weighted by Gasteiger charge is -2.07. The Kier molecular flexibility index (Phi) is 2.37. The molecule has 1 aromatic heterocycles. The third-order valence-corrected chi connectivity index (χ3v) is 2.54. The van der Waals surface area contributed by atoms with Crippen molar-refractivity contribution in [2.24, 2.45) is 7.05 Å². The second-order valence-electron chi connectivity index (χ2n) is 3.46. The Hall–Kier alpha value is -1.90. The predicted octanol–water partition coefficient (Wildman–Crippen LogP) is 1.28. The average molecular weight is 201 g/mol. The molecular weight excluding hydrogens is 190 g/mol. The number of aromatic nitrogens is 1. The van der Waals surface area contributed by atoms with E-state index in [4.69, 9.17) is 0 Å². The summed E-state index contributed by atoms with van der Waals surface area (Å²) in [5.74, 6) is 0. The van der Waals surface area contributed by atoms with Crippen molar-refractivity contribution in [2.45, 2.75) is 6.42 Å². The van der Waals surface area contributed by atoms with Gasteiger partial charge in [-0.15, -0.1) is 0 Å². The summed E-state index contributed by atoms with van der Waals surface area (Å²) in [6, 6.07) is 9.27. The van der Waals surface area contributed by atoms with E-state index in [1.165, 1.54) is 4.57 Å². The van der Waals surface area contributed by atoms with Crippen LogP contribution in [0.2, 0.25) is 0 Å². The predicted molar refractivity (Wildman–Crippen MR) is 59.0 cm³/mol. The molecule has 0 saturated heterocycles. The first kappa shape index (κ1) is 9.65. The van der Waals surface area contributed by atoms with Crippen LogP contribution in [0.15, 0.2) is 35.1 Å². The van der Waals surface area contributed by atoms with Gasteiger partial charge in [-0.2, -0.15) is 0 Å². The highest BCUT2D eigenvalue weighted by atomic mass is 16.1. The summed E-state index contributed by atoms with van der Waals surface area (Å²) in [7, 11) is 1.69. The van der Waals surface area contributed by atoms with Gasteiger partial charge in [0.1, 0.15) is 6.29 Å². The molecule has 0 aliphatic carbocycles. The van der Waals surface area contributed by atoms with E-state index in [1.807, 2.05) is 24.3 Å². The van der Waals surface area contributed by atoms with Crippen LogP contribution in [0, 0.1) is 0 Å². The van der Waals surface area contributed by atoms with Crippen LogP contribution in [0.3, 0.4) is 0 Å². The zero-order valence-corrected chi connectivity index (χ0v) is 8.43. The Morgan fingerprint density at radius 2 is 2.07 bits per heavy atom. The van der Waals surface area contributed by atoms with Crippen LogP contribution in [0.1, 0.15) is 5.69 Å². The maximum Gasteiger partial charge on any atom is 0.258 e. The molecule has 76 valence electrons. The molecule has 2 aromatic rings. The van der Waals surface area contributed by atoms with E-state index >= 15 is 0 Å². The molecule has 0 N–H and O–H groups in total. The standard InChI is InChI=1S/C12H11NO2/c1-13-10(6-7-14)8-9-4-2-3-5-11(9)12(13)15/h2-5,7-8H,6H2,1H3. The molecule has 3 heteroatoms. The van der Waals surface area contributed by atoms with Crippen LogP contribution in [-0.2, 0) is 18.3 Å². The minimum atomic E-state index is -0.0510. The quantitative estimate of drug-likeness (QED) is 0.686. The normalized spacial score (nSPS) is 10.5. The Balaban J connectivity index is 2.82. The lowest BCUT2D eigenvalue weighted by Crippen LogP contribution is -2.20. The highest BCUT2D eigenvalue weighted by molar-refractivity contribution is 5.82. The van der Waals surface area contributed by atoms with Gasteiger partial charge in [0, 0.05) is 24.5 Å². The van der Waals surface area contributed by atoms with E-state index in [1.54, 1.807) is 13.1 Å². The molecule has 0 radical (unpaired) electrons. The van der Waals surface area contributed by atoms with E-state index in [0.717, 1.165) is 17.4 Å². The molecule has 0 fully saturated rings. The van der Waals surface area contributed by atoms with Gasteiger partial charge in [0.15, 0.2) is 0 Å². The molecule has 0 unspecified atom stereocenters. The molecule has 0 bridgehead atoms. The maximum absolute atomic E-state index is 11.9. The van der Waals surface area contributed by atoms with Gasteiger partial charge in [-0.25, -0.2) is 0 Å². The van der Waals surface area contributed by atoms with Crippen molar-refractivity contribution in [3.63, 3.8) is 0 Å². The van der Waals surface area contributed by atoms with E-state index in [-0.39, 0.29) is 12.0 Å². The summed E-state index contributed by atoms with van der Waals surface area (Å²) in [5, 5.41) is 1.58. The molecule has 1 heterocycles. The van der Waals surface area contributed by atoms with Crippen molar-refractivity contribution in [1.82, 2.24) is 4.57 Å². The summed E-state index contributed by atoms with van der Waals surface area (Å²) >= 11 is 0. The topological polar surface area (TPSA) is 39.1 Å². The Bertz CT molecular complexity index is 569. The molecule has 0 atom stereocenters. The van der Waals surface area contributed by atoms with Crippen LogP contribution in [0.5, 0.6) is 0 Å². The van der Waals surface area contributed by atoms with Crippen LogP contribution < -0.4 is 5.56 Å². The number of benzene rings is 1. The van der Waals surface area contributed by atoms with Crippen LogP contribution >= 0.6 is 0 Å². The molecule has 0 saturated carbocycles. The lowest BCUT2D eigenvalue weighted by atomic mass is 10.1. The summed E-state index contributed by atoms with van der Waals surface area (Å²) < 4.78 is 1.52. The number of hydrogen-bond donors (Lipinski definition) is 0. The van der Waals surface area contributed by atoms with E-state index < -0.39 is 0 Å². The zero-order chi connectivity index (χ0) is 10.8. The van der Waals surface area contributed by atoms with Crippen molar-refractivity contribution in [3.05, 3.63) is 46.4 Å². The minimum Gasteiger partial charge on any atom is -0.315 e. The second-order valence-corrected chi connectivity index (χ2v) is 3.46. The fourth-order valence-electron chi connectivity index (χ4n) is 1.69. The molecule has 0 aliphatic rings. The Labute approximate surface area is 87.0 Å². The van der Waals surface area contributed by atoms with Gasteiger partial charge in [-0.05, 0) is 17.5 Å². The Morgan fingerprint density at radius 3 is 2.80 bits per heavy atom. The van der Waals surface area contributed by atoms with Gasteiger partial charge in [-0.3, -0.25) is 4.79 Å². The summed E-state index contributed by atoms with van der Waals surface area (Å²) in [4.78, 5) is 22.3. The largest absolute Gasteiger partial charge is 0.315 e. The number of aldehydes is 1. The fraction of sp³-hybridized carbons (Fsp3) is 0.167. The van der Waals surface area contributed by atoms with Gasteiger partial charge in [-0.1, -0.05) is 18.2 Å². The van der Waals surface area contributed by atoms with Gasteiger partial charge in [0.25, 0.3) is 5.56 Å². The van der Waals surface area contributed by atoms with Crippen LogP contribution in [-0.4, -0.2) is 10.9 Å². The molecule has 0 spiro atoms. The first-order chi connectivity index (χ1) is 7.24. The second kappa shape index (κ2) is 3.69. The minimum absolute atomic E-state index is 0.0510. The molecule has 3 nitrogen and oxygen atoms in total. The number of nitrogens with zero attached hydrogens (tertiary/aromatic N) is 1. The molecular formula is C12H11NO2. The number of rotatable bonds is 2. The van der Waals surface area contributed by atoms with Crippen molar-refractivity contribution < 1.29 is 4.79 Å². The average Bonchev–Trinajstić information content (AvgIpc) is 2.26. The molecule has 0 aliphatic heterocycles. The number of hydrogen-bond acceptors (Lipinski definition) is 2. The van der Waals surface area contributed by atoms with Crippen molar-refractivity contribution in [3.8, 4) is 0 Å². The summed E-state index contributed by atoms with van der Waals surface area (Å²) in [5.41, 5.74) is 0.693. The van der Waals surface area contributed by atoms with Crippen molar-refractivity contribution in [1.29, 1.82) is 0 Å². The number of carbonyl (C=O) groups is 1. The SMILES string of the molecule is Cn1c(CC=O)cc2ccccc2c1=O. The third-order valence-electron chi connectivity index (χ3n) is 2.54. The number of carbonyl (C=O) groups excluding carboxylic acids is 1. The first-order valence-corrected chi connectivity index (χ1v) is 4.75. The third kappa shape index (κ3) is 1.56. The highest BCUT2D eigenvalue weighted by Gasteiger charge is 2.04. The molecule has 15 heavy (non-hydrogen) atoms. The van der Waals surface area contributed by atoms with Gasteiger partial charge >= 0.3 is 0 Å². The van der Waals surface area contributed by atoms with E-state index in [9.17, 15) is 9.59 Å². The lowest BCUT2D eigenvalue weighted by molar-refractivity contribution is -0.107. The highest BCUT2D eigenvalue weighted by Crippen LogP contribution is 2.11. The molecule has 2 rings (SSSR count). The first-order valence-electron chi connectivity index (χ1n) is 4.75. The van der Waals surface area contributed by atoms with Gasteiger partial charge < -0.3 is 9.36 Å². The fourth-order valence-corrected chi connectivity index (χ4v) is 1.69. The monoisotopic (exact) mass is 201 g/mol.